The highest BCUT2D eigenvalue weighted by Crippen LogP contribution is 2.49. The number of Topliss-reactive ketones (excluding diaryl/α,β-unsaturated/α-hetero) is 1. The number of hydrogen-bond donors (Lipinski definition) is 2. The van der Waals surface area contributed by atoms with E-state index in [1.165, 1.54) is 118 Å². The van der Waals surface area contributed by atoms with Crippen molar-refractivity contribution >= 4 is 52.2 Å². The normalized spacial score (nSPS) is 26.7. The zero-order valence-corrected chi connectivity index (χ0v) is 74.2. The van der Waals surface area contributed by atoms with Crippen molar-refractivity contribution in [3.8, 4) is 0 Å². The van der Waals surface area contributed by atoms with Gasteiger partial charge in [-0.3, -0.25) is 39.0 Å². The zero-order chi connectivity index (χ0) is 79.6. The van der Waals surface area contributed by atoms with E-state index in [1.54, 1.807) is 15.5 Å². The van der Waals surface area contributed by atoms with Crippen LogP contribution < -0.4 is 10.3 Å². The Balaban J connectivity index is 0.000000178. The van der Waals surface area contributed by atoms with E-state index in [4.69, 9.17) is 10.3 Å². The van der Waals surface area contributed by atoms with Gasteiger partial charge in [0.05, 0.1) is 12.5 Å². The molecule has 0 atom stereocenters. The number of sulfonamides is 2. The summed E-state index contributed by atoms with van der Waals surface area (Å²) in [5, 5.41) is 10.3. The molecule has 1 saturated carbocycles. The average molecular weight is 1580 g/mol. The van der Waals surface area contributed by atoms with Crippen molar-refractivity contribution in [3.05, 3.63) is 0 Å². The topological polar surface area (TPSA) is 258 Å². The van der Waals surface area contributed by atoms with Crippen molar-refractivity contribution in [1.82, 2.24) is 51.5 Å². The van der Waals surface area contributed by atoms with Gasteiger partial charge in [0.2, 0.25) is 26.0 Å². The molecule has 12 fully saturated rings. The summed E-state index contributed by atoms with van der Waals surface area (Å²) < 4.78 is 96.9. The average Bonchev–Trinajstić information content (AvgIpc) is 0.759. The number of hydrogen-bond acceptors (Lipinski definition) is 16. The Kier molecular flexibility index (Phi) is 29.8. The van der Waals surface area contributed by atoms with Gasteiger partial charge in [0, 0.05) is 129 Å². The Morgan fingerprint density at radius 3 is 0.745 bits per heavy atom. The van der Waals surface area contributed by atoms with Gasteiger partial charge >= 0.3 is 0 Å². The molecule has 106 heavy (non-hydrogen) atoms. The molecule has 1 amide bonds. The molecule has 620 valence electrons. The monoisotopic (exact) mass is 1570 g/mol. The predicted octanol–water partition coefficient (Wildman–Crippen LogP) is 10.1. The lowest BCUT2D eigenvalue weighted by atomic mass is 9.67. The fourth-order valence-corrected chi connectivity index (χ4v) is 22.8. The minimum atomic E-state index is -3.49. The first-order valence-electron chi connectivity index (χ1n) is 41.0. The van der Waals surface area contributed by atoms with Gasteiger partial charge in [-0.05, 0) is 353 Å². The third-order valence-corrected chi connectivity index (χ3v) is 32.5. The lowest BCUT2D eigenvalue weighted by Gasteiger charge is -2.54. The lowest BCUT2D eigenvalue weighted by Crippen LogP contribution is -2.64. The molecular weight excluding hydrogens is 1420 g/mol. The van der Waals surface area contributed by atoms with Gasteiger partial charge in [0.25, 0.3) is 20.4 Å². The van der Waals surface area contributed by atoms with Crippen LogP contribution in [0.25, 0.3) is 0 Å². The van der Waals surface area contributed by atoms with Crippen molar-refractivity contribution in [3.63, 3.8) is 0 Å². The Morgan fingerprint density at radius 2 is 0.519 bits per heavy atom. The molecule has 27 heteroatoms. The van der Waals surface area contributed by atoms with Gasteiger partial charge in [0.1, 0.15) is 5.78 Å². The second-order valence-corrected chi connectivity index (χ2v) is 48.5. The molecule has 6 spiro atoms. The Bertz CT molecular complexity index is 3130. The molecule has 11 saturated heterocycles. The summed E-state index contributed by atoms with van der Waals surface area (Å²) in [6.07, 6.45) is 27.5. The molecule has 0 radical (unpaired) electrons. The number of nitrogens with two attached hydrogens (primary N) is 2. The smallest absolute Gasteiger partial charge is 0.276 e. The van der Waals surface area contributed by atoms with E-state index < -0.39 is 40.5 Å². The van der Waals surface area contributed by atoms with Crippen molar-refractivity contribution in [2.45, 2.75) is 306 Å². The maximum Gasteiger partial charge on any atom is 0.276 e. The highest BCUT2D eigenvalue weighted by atomic mass is 32.2. The van der Waals surface area contributed by atoms with Crippen LogP contribution in [0.1, 0.15) is 273 Å². The van der Waals surface area contributed by atoms with Crippen LogP contribution >= 0.6 is 0 Å². The predicted molar refractivity (Wildman–Crippen MR) is 434 cm³/mol. The van der Waals surface area contributed by atoms with Gasteiger partial charge in [-0.15, -0.1) is 0 Å². The van der Waals surface area contributed by atoms with Gasteiger partial charge < -0.3 is 4.90 Å². The molecule has 0 aromatic rings. The molecule has 4 N–H and O–H groups in total. The zero-order valence-electron chi connectivity index (χ0n) is 70.9. The number of carbonyl (C=O) groups is 2. The lowest BCUT2D eigenvalue weighted by molar-refractivity contribution is -0.132. The van der Waals surface area contributed by atoms with E-state index in [2.05, 4.69) is 154 Å². The van der Waals surface area contributed by atoms with E-state index in [0.29, 0.717) is 77.8 Å². The summed E-state index contributed by atoms with van der Waals surface area (Å²) in [5.74, 6) is 0.757. The second kappa shape index (κ2) is 34.5. The van der Waals surface area contributed by atoms with Crippen molar-refractivity contribution in [2.24, 2.45) is 42.8 Å². The van der Waals surface area contributed by atoms with E-state index in [0.717, 1.165) is 149 Å². The highest BCUT2D eigenvalue weighted by molar-refractivity contribution is 7.88. The van der Waals surface area contributed by atoms with Crippen LogP contribution in [0.4, 0.5) is 0 Å². The quantitative estimate of drug-likeness (QED) is 0.265. The van der Waals surface area contributed by atoms with Crippen LogP contribution in [0.2, 0.25) is 0 Å². The van der Waals surface area contributed by atoms with Crippen molar-refractivity contribution in [1.29, 1.82) is 0 Å². The van der Waals surface area contributed by atoms with E-state index >= 15 is 0 Å². The maximum absolute atomic E-state index is 11.6. The summed E-state index contributed by atoms with van der Waals surface area (Å²) in [5.41, 5.74) is 3.71. The molecule has 11 aliphatic heterocycles. The van der Waals surface area contributed by atoms with Gasteiger partial charge in [-0.2, -0.15) is 25.4 Å². The minimum absolute atomic E-state index is 0.203. The van der Waals surface area contributed by atoms with Gasteiger partial charge in [-0.1, -0.05) is 0 Å². The van der Waals surface area contributed by atoms with E-state index in [1.807, 2.05) is 4.90 Å². The summed E-state index contributed by atoms with van der Waals surface area (Å²) >= 11 is 0. The third kappa shape index (κ3) is 25.7. The molecule has 23 nitrogen and oxygen atoms in total. The first-order valence-corrected chi connectivity index (χ1v) is 47.7. The SMILES string of the molecule is CC(=O)N1CCC2(CC1)CCN(C(C)(C)C)CC2.CC(C)(C)N1CCC2(CC1)CCN(S(C)(=O)=O)CC2.CC(C)(C)N1CCC2(CC1)CCN(S(N)(=O)=O)CC2.CC(C)(C)N1CCC2(CC1)CN(S(C)(=O)=O)C2.CC(C)(C)N1CCC2(CC1)CN(S(N)(=O)=O)C2.CC(C)(C)N1CCC2(CCCC(=O)C2)CC1. The summed E-state index contributed by atoms with van der Waals surface area (Å²) in [6.45, 7) is 63.5. The molecule has 0 unspecified atom stereocenters. The molecule has 12 rings (SSSR count). The highest BCUT2D eigenvalue weighted by Gasteiger charge is 2.52. The number of likely N-dealkylation sites (tertiary alicyclic amines) is 7. The van der Waals surface area contributed by atoms with Crippen molar-refractivity contribution < 1.29 is 43.3 Å². The molecule has 12 aliphatic rings. The summed E-state index contributed by atoms with van der Waals surface area (Å²) in [6, 6.07) is 0. The van der Waals surface area contributed by atoms with E-state index in [-0.39, 0.29) is 38.9 Å². The standard InChI is InChI=1S/C15H28N2O.C14H28N2O2S.C14H25NO.C13H27N3O2S.C12H24N2O2S.C11H23N3O2S/c1-13(18)16-9-5-15(6-10-16)7-11-17(12-8-15)14(2,3)4;1-13(2,3)15-9-5-14(6-10-15)7-11-16(12-8-14)19(4,17)18;1-13(2,3)15-9-7-14(8-10-15)6-4-5-12(16)11-14;1-12(2,3)15-8-4-13(5-9-15)6-10-16(11-7-13)19(14,17)18;1-11(2,3)13-7-5-12(6-8-13)9-14(10-12)17(4,15)16;1-10(2,3)13-6-4-11(5-7-13)8-14(9-11)17(12,15)16/h5-12H2,1-4H3;5-12H2,1-4H3;4-11H2,1-3H3;4-11H2,1-3H3,(H2,14,17,18);5-10H2,1-4H3;4-9H2,1-3H3,(H2,12,15,16). The maximum atomic E-state index is 11.6. The number of ketones is 1. The van der Waals surface area contributed by atoms with Gasteiger partial charge in [0.15, 0.2) is 0 Å². The fourth-order valence-electron chi connectivity index (χ4n) is 19.3. The van der Waals surface area contributed by atoms with Crippen LogP contribution in [0.3, 0.4) is 0 Å². The molecule has 1 aliphatic carbocycles. The Hall–Kier alpha value is -1.54. The first kappa shape index (κ1) is 91.6. The Labute approximate surface area is 648 Å². The molecule has 0 aromatic carbocycles. The van der Waals surface area contributed by atoms with E-state index in [9.17, 15) is 43.3 Å². The fraction of sp³-hybridized carbons (Fsp3) is 0.975. The van der Waals surface area contributed by atoms with Crippen LogP contribution in [0.15, 0.2) is 0 Å². The molecule has 0 aromatic heterocycles. The summed E-state index contributed by atoms with van der Waals surface area (Å²) in [4.78, 5) is 40.2. The first-order chi connectivity index (χ1) is 48.2. The number of rotatable bonds is 4. The molecular formula is C79H155N13O10S4. The number of nitrogens with zero attached hydrogens (tertiary/aromatic N) is 11. The number of amides is 1. The Morgan fingerprint density at radius 1 is 0.302 bits per heavy atom. The second-order valence-electron chi connectivity index (χ2n) is 41.5. The third-order valence-electron chi connectivity index (χ3n) is 27.9. The van der Waals surface area contributed by atoms with Crippen molar-refractivity contribution in [2.75, 3.05) is 156 Å². The van der Waals surface area contributed by atoms with Crippen LogP contribution in [0.5, 0.6) is 0 Å². The largest absolute Gasteiger partial charge is 0.343 e. The summed E-state index contributed by atoms with van der Waals surface area (Å²) in [7, 11) is -12.9. The molecule has 11 heterocycles. The number of piperidine rings is 9. The minimum Gasteiger partial charge on any atom is -0.343 e. The van der Waals surface area contributed by atoms with Crippen LogP contribution in [-0.4, -0.2) is 287 Å². The van der Waals surface area contributed by atoms with Gasteiger partial charge in [-0.25, -0.2) is 35.7 Å². The molecule has 0 bridgehead atoms. The van der Waals surface area contributed by atoms with Crippen LogP contribution in [0, 0.1) is 32.5 Å². The van der Waals surface area contributed by atoms with Crippen LogP contribution in [-0.2, 0) is 50.1 Å². The number of carbonyl (C=O) groups excluding carboxylic acids is 2.